The SMILES string of the molecule is CC1(C)CN(Cc2cc(F)c(-c3ncon3)c(Cl)c2)CC[C@]1(O)c1ccc2ncc(N3CCC(=O)NC3=O)cc2c1F. The lowest BCUT2D eigenvalue weighted by Gasteiger charge is -2.50. The predicted octanol–water partition coefficient (Wildman–Crippen LogP) is 4.78. The normalized spacial score (nSPS) is 21.1. The molecule has 2 N–H and O–H groups in total. The summed E-state index contributed by atoms with van der Waals surface area (Å²) in [5, 5.41) is 18.2. The number of hydrogen-bond donors (Lipinski definition) is 2. The second-order valence-electron chi connectivity index (χ2n) is 11.3. The molecule has 10 nitrogen and oxygen atoms in total. The molecule has 2 aliphatic heterocycles. The number of amides is 3. The molecular weight excluding hydrogens is 570 g/mol. The Kier molecular flexibility index (Phi) is 6.95. The summed E-state index contributed by atoms with van der Waals surface area (Å²) in [6.45, 7) is 5.02. The molecule has 0 bridgehead atoms. The van der Waals surface area contributed by atoms with Crippen molar-refractivity contribution in [1.29, 1.82) is 0 Å². The zero-order valence-corrected chi connectivity index (χ0v) is 23.6. The first-order chi connectivity index (χ1) is 20.0. The van der Waals surface area contributed by atoms with Crippen molar-refractivity contribution < 1.29 is 28.0 Å². The lowest BCUT2D eigenvalue weighted by molar-refractivity contribution is -0.128. The molecule has 1 atom stereocenters. The maximum Gasteiger partial charge on any atom is 0.328 e. The number of imide groups is 1. The summed E-state index contributed by atoms with van der Waals surface area (Å²) in [5.41, 5.74) is -0.804. The number of likely N-dealkylation sites (tertiary alicyclic amines) is 1. The van der Waals surface area contributed by atoms with Crippen LogP contribution in [0.2, 0.25) is 5.02 Å². The number of carbonyl (C=O) groups excluding carboxylic acids is 2. The van der Waals surface area contributed by atoms with Gasteiger partial charge in [0.25, 0.3) is 0 Å². The van der Waals surface area contributed by atoms with Crippen LogP contribution in [-0.4, -0.2) is 56.7 Å². The van der Waals surface area contributed by atoms with Crippen molar-refractivity contribution in [3.05, 3.63) is 70.7 Å². The highest BCUT2D eigenvalue weighted by Crippen LogP contribution is 2.48. The molecule has 0 spiro atoms. The summed E-state index contributed by atoms with van der Waals surface area (Å²) >= 11 is 6.36. The van der Waals surface area contributed by atoms with E-state index in [-0.39, 0.29) is 52.7 Å². The van der Waals surface area contributed by atoms with E-state index in [0.29, 0.717) is 36.4 Å². The molecule has 13 heteroatoms. The molecule has 6 rings (SSSR count). The Labute approximate surface area is 244 Å². The molecule has 0 saturated carbocycles. The van der Waals surface area contributed by atoms with Crippen molar-refractivity contribution in [3.63, 3.8) is 0 Å². The van der Waals surface area contributed by atoms with Crippen LogP contribution in [0.25, 0.3) is 22.3 Å². The van der Waals surface area contributed by atoms with E-state index >= 15 is 4.39 Å². The van der Waals surface area contributed by atoms with Gasteiger partial charge in [-0.1, -0.05) is 36.7 Å². The monoisotopic (exact) mass is 596 g/mol. The highest BCUT2D eigenvalue weighted by Gasteiger charge is 2.50. The van der Waals surface area contributed by atoms with Crippen molar-refractivity contribution in [3.8, 4) is 11.4 Å². The Morgan fingerprint density at radius 1 is 1.14 bits per heavy atom. The van der Waals surface area contributed by atoms with Gasteiger partial charge < -0.3 is 9.63 Å². The van der Waals surface area contributed by atoms with Gasteiger partial charge in [-0.05, 0) is 36.2 Å². The summed E-state index contributed by atoms with van der Waals surface area (Å²) in [5.74, 6) is -1.51. The lowest BCUT2D eigenvalue weighted by atomic mass is 9.66. The van der Waals surface area contributed by atoms with Crippen LogP contribution in [0.5, 0.6) is 0 Å². The number of carbonyl (C=O) groups is 2. The van der Waals surface area contributed by atoms with Gasteiger partial charge in [-0.25, -0.2) is 13.6 Å². The van der Waals surface area contributed by atoms with Gasteiger partial charge >= 0.3 is 6.03 Å². The van der Waals surface area contributed by atoms with E-state index in [1.807, 2.05) is 13.8 Å². The van der Waals surface area contributed by atoms with Crippen molar-refractivity contribution in [2.45, 2.75) is 38.8 Å². The Morgan fingerprint density at radius 3 is 2.64 bits per heavy atom. The first kappa shape index (κ1) is 28.1. The lowest BCUT2D eigenvalue weighted by Crippen LogP contribution is -2.55. The first-order valence-electron chi connectivity index (χ1n) is 13.4. The van der Waals surface area contributed by atoms with Gasteiger partial charge in [0.15, 0.2) is 0 Å². The number of nitrogens with one attached hydrogen (secondary N) is 1. The highest BCUT2D eigenvalue weighted by molar-refractivity contribution is 6.33. The van der Waals surface area contributed by atoms with E-state index in [2.05, 4.69) is 25.3 Å². The summed E-state index contributed by atoms with van der Waals surface area (Å²) in [6, 6.07) is 7.14. The molecule has 0 radical (unpaired) electrons. The molecule has 0 aliphatic carbocycles. The van der Waals surface area contributed by atoms with Gasteiger partial charge in [0.1, 0.15) is 11.6 Å². The maximum atomic E-state index is 16.2. The molecule has 4 heterocycles. The fraction of sp³-hybridized carbons (Fsp3) is 0.345. The first-order valence-corrected chi connectivity index (χ1v) is 13.7. The number of urea groups is 1. The van der Waals surface area contributed by atoms with Crippen LogP contribution >= 0.6 is 11.6 Å². The van der Waals surface area contributed by atoms with Crippen LogP contribution in [-0.2, 0) is 16.9 Å². The molecule has 0 unspecified atom stereocenters. The van der Waals surface area contributed by atoms with Crippen LogP contribution in [0, 0.1) is 17.0 Å². The van der Waals surface area contributed by atoms with E-state index in [1.54, 1.807) is 18.2 Å². The molecule has 2 saturated heterocycles. The molecular formula is C29H27ClF2N6O4. The highest BCUT2D eigenvalue weighted by atomic mass is 35.5. The van der Waals surface area contributed by atoms with Crippen molar-refractivity contribution in [2.75, 3.05) is 24.5 Å². The minimum Gasteiger partial charge on any atom is -0.384 e. The van der Waals surface area contributed by atoms with Crippen LogP contribution in [0.1, 0.15) is 37.8 Å². The van der Waals surface area contributed by atoms with Crippen LogP contribution < -0.4 is 10.2 Å². The van der Waals surface area contributed by atoms with E-state index in [0.717, 1.165) is 6.39 Å². The summed E-state index contributed by atoms with van der Waals surface area (Å²) in [7, 11) is 0. The predicted molar refractivity (Wildman–Crippen MR) is 149 cm³/mol. The number of anilines is 1. The van der Waals surface area contributed by atoms with Crippen LogP contribution in [0.3, 0.4) is 0 Å². The molecule has 3 amide bonds. The fourth-order valence-corrected chi connectivity index (χ4v) is 6.28. The van der Waals surface area contributed by atoms with Gasteiger partial charge in [0.2, 0.25) is 18.1 Å². The largest absolute Gasteiger partial charge is 0.384 e. The number of rotatable bonds is 5. The van der Waals surface area contributed by atoms with Crippen molar-refractivity contribution in [2.24, 2.45) is 5.41 Å². The van der Waals surface area contributed by atoms with Gasteiger partial charge in [-0.3, -0.25) is 24.9 Å². The summed E-state index contributed by atoms with van der Waals surface area (Å²) in [4.78, 5) is 35.5. The Hall–Kier alpha value is -4.00. The van der Waals surface area contributed by atoms with E-state index in [4.69, 9.17) is 16.1 Å². The molecule has 2 aliphatic rings. The Balaban J connectivity index is 1.25. The average Bonchev–Trinajstić information content (AvgIpc) is 3.45. The zero-order chi connectivity index (χ0) is 29.8. The minimum atomic E-state index is -1.53. The Bertz CT molecular complexity index is 1690. The third-order valence-corrected chi connectivity index (χ3v) is 8.52. The van der Waals surface area contributed by atoms with Crippen molar-refractivity contribution >= 4 is 40.1 Å². The molecule has 2 aromatic carbocycles. The molecule has 2 fully saturated rings. The van der Waals surface area contributed by atoms with Gasteiger partial charge in [0.05, 0.1) is 33.6 Å². The topological polar surface area (TPSA) is 125 Å². The number of aliphatic hydroxyl groups is 1. The number of aromatic nitrogens is 3. The van der Waals surface area contributed by atoms with E-state index < -0.39 is 28.7 Å². The van der Waals surface area contributed by atoms with E-state index in [1.165, 1.54) is 23.2 Å². The van der Waals surface area contributed by atoms with E-state index in [9.17, 15) is 19.1 Å². The molecule has 218 valence electrons. The van der Waals surface area contributed by atoms with Crippen molar-refractivity contribution in [1.82, 2.24) is 25.3 Å². The summed E-state index contributed by atoms with van der Waals surface area (Å²) in [6.07, 6.45) is 2.89. The number of pyridine rings is 1. The van der Waals surface area contributed by atoms with Gasteiger partial charge in [-0.2, -0.15) is 4.98 Å². The number of fused-ring (bicyclic) bond motifs is 1. The molecule has 2 aromatic heterocycles. The fourth-order valence-electron chi connectivity index (χ4n) is 5.96. The zero-order valence-electron chi connectivity index (χ0n) is 22.8. The van der Waals surface area contributed by atoms with Gasteiger partial charge in [0, 0.05) is 49.0 Å². The Morgan fingerprint density at radius 2 is 1.95 bits per heavy atom. The summed E-state index contributed by atoms with van der Waals surface area (Å²) < 4.78 is 35.8. The smallest absolute Gasteiger partial charge is 0.328 e. The third kappa shape index (κ3) is 4.79. The second kappa shape index (κ2) is 10.4. The maximum absolute atomic E-state index is 16.2. The number of piperidine rings is 1. The number of halogens is 3. The second-order valence-corrected chi connectivity index (χ2v) is 11.7. The quantitative estimate of drug-likeness (QED) is 0.337. The molecule has 42 heavy (non-hydrogen) atoms. The average molecular weight is 597 g/mol. The van der Waals surface area contributed by atoms with Crippen LogP contribution in [0.4, 0.5) is 19.3 Å². The van der Waals surface area contributed by atoms with Crippen LogP contribution in [0.15, 0.2) is 47.4 Å². The number of benzene rings is 2. The minimum absolute atomic E-state index is 0.0568. The number of nitrogens with zero attached hydrogens (tertiary/aromatic N) is 5. The van der Waals surface area contributed by atoms with Gasteiger partial charge in [-0.15, -0.1) is 0 Å². The standard InChI is InChI=1S/C29H27ClF2N6O4/c1-28(2)14-37(13-16-9-20(30)24(21(31)10-16)26-34-15-42-36-26)8-6-29(28,41)19-3-4-22-18(25(19)32)11-17(12-33-22)38-7-5-23(39)35-27(38)40/h3-4,9-12,15,41H,5-8,13-14H2,1-2H3,(H,35,39,40)/t29-/m0/s1. The molecule has 4 aromatic rings. The third-order valence-electron chi connectivity index (χ3n) is 8.22. The number of hydrogen-bond acceptors (Lipinski definition) is 8.